The fourth-order valence-electron chi connectivity index (χ4n) is 1.75. The van der Waals surface area contributed by atoms with Gasteiger partial charge in [0.15, 0.2) is 5.82 Å². The maximum absolute atomic E-state index is 9.14. The topological polar surface area (TPSA) is 41.6 Å². The summed E-state index contributed by atoms with van der Waals surface area (Å²) in [6.45, 7) is 3.86. The average molecular weight is 211 g/mol. The molecule has 0 unspecified atom stereocenters. The second-order valence-electron chi connectivity index (χ2n) is 3.97. The molecule has 2 aromatic rings. The Balaban J connectivity index is 2.77. The summed E-state index contributed by atoms with van der Waals surface area (Å²) in [4.78, 5) is 4.49. The SMILES string of the molecule is CC(C)=C(C#N)c1nc2ccccc2n1C. The van der Waals surface area contributed by atoms with Gasteiger partial charge in [0.2, 0.25) is 0 Å². The molecule has 0 aliphatic heterocycles. The zero-order valence-corrected chi connectivity index (χ0v) is 9.65. The van der Waals surface area contributed by atoms with Crippen molar-refractivity contribution in [2.45, 2.75) is 13.8 Å². The van der Waals surface area contributed by atoms with Crippen molar-refractivity contribution in [1.29, 1.82) is 5.26 Å². The second kappa shape index (κ2) is 3.82. The van der Waals surface area contributed by atoms with Gasteiger partial charge < -0.3 is 4.57 Å². The van der Waals surface area contributed by atoms with Gasteiger partial charge in [-0.2, -0.15) is 5.26 Å². The van der Waals surface area contributed by atoms with Crippen LogP contribution in [0.15, 0.2) is 29.8 Å². The average Bonchev–Trinajstić information content (AvgIpc) is 2.58. The molecular formula is C13H13N3. The van der Waals surface area contributed by atoms with Crippen LogP contribution in [0.5, 0.6) is 0 Å². The molecular weight excluding hydrogens is 198 g/mol. The van der Waals surface area contributed by atoms with Gasteiger partial charge in [0.1, 0.15) is 6.07 Å². The van der Waals surface area contributed by atoms with Crippen molar-refractivity contribution in [3.63, 3.8) is 0 Å². The van der Waals surface area contributed by atoms with E-state index in [4.69, 9.17) is 5.26 Å². The Morgan fingerprint density at radius 1 is 1.31 bits per heavy atom. The van der Waals surface area contributed by atoms with Gasteiger partial charge in [-0.3, -0.25) is 0 Å². The van der Waals surface area contributed by atoms with Crippen LogP contribution in [0.1, 0.15) is 19.7 Å². The minimum absolute atomic E-state index is 0.652. The molecule has 0 fully saturated rings. The second-order valence-corrected chi connectivity index (χ2v) is 3.97. The summed E-state index contributed by atoms with van der Waals surface area (Å²) in [5.74, 6) is 0.740. The van der Waals surface area contributed by atoms with Gasteiger partial charge in [0.25, 0.3) is 0 Å². The van der Waals surface area contributed by atoms with Crippen molar-refractivity contribution in [3.05, 3.63) is 35.7 Å². The van der Waals surface area contributed by atoms with Crippen LogP contribution in [0.3, 0.4) is 0 Å². The highest BCUT2D eigenvalue weighted by Gasteiger charge is 2.12. The smallest absolute Gasteiger partial charge is 0.151 e. The summed E-state index contributed by atoms with van der Waals surface area (Å²) in [6, 6.07) is 10.1. The normalized spacial score (nSPS) is 10.1. The molecule has 0 aliphatic carbocycles. The summed E-state index contributed by atoms with van der Waals surface area (Å²) in [7, 11) is 1.94. The van der Waals surface area contributed by atoms with Crippen LogP contribution in [-0.4, -0.2) is 9.55 Å². The summed E-state index contributed by atoms with van der Waals surface area (Å²) in [6.07, 6.45) is 0. The van der Waals surface area contributed by atoms with Crippen LogP contribution in [0, 0.1) is 11.3 Å². The number of rotatable bonds is 1. The Hall–Kier alpha value is -2.08. The molecule has 0 bridgehead atoms. The van der Waals surface area contributed by atoms with Gasteiger partial charge in [-0.1, -0.05) is 17.7 Å². The third kappa shape index (κ3) is 1.49. The van der Waals surface area contributed by atoms with Crippen LogP contribution in [0.2, 0.25) is 0 Å². The Morgan fingerprint density at radius 2 is 2.00 bits per heavy atom. The standard InChI is InChI=1S/C13H13N3/c1-9(2)10(8-14)13-15-11-6-4-5-7-12(11)16(13)3/h4-7H,1-3H3. The lowest BCUT2D eigenvalue weighted by Crippen LogP contribution is -1.97. The third-order valence-corrected chi connectivity index (χ3v) is 2.62. The number of aryl methyl sites for hydroxylation is 1. The van der Waals surface area contributed by atoms with Crippen molar-refractivity contribution in [2.24, 2.45) is 7.05 Å². The Morgan fingerprint density at radius 3 is 2.56 bits per heavy atom. The number of nitriles is 1. The van der Waals surface area contributed by atoms with Crippen LogP contribution >= 0.6 is 0 Å². The molecule has 0 atom stereocenters. The van der Waals surface area contributed by atoms with E-state index in [1.165, 1.54) is 0 Å². The van der Waals surface area contributed by atoms with E-state index in [0.29, 0.717) is 5.57 Å². The van der Waals surface area contributed by atoms with Crippen LogP contribution in [0.4, 0.5) is 0 Å². The summed E-state index contributed by atoms with van der Waals surface area (Å²) < 4.78 is 1.96. The Labute approximate surface area is 94.6 Å². The quantitative estimate of drug-likeness (QED) is 0.680. The number of fused-ring (bicyclic) bond motifs is 1. The highest BCUT2D eigenvalue weighted by Crippen LogP contribution is 2.21. The molecule has 16 heavy (non-hydrogen) atoms. The van der Waals surface area contributed by atoms with Crippen molar-refractivity contribution in [1.82, 2.24) is 9.55 Å². The van der Waals surface area contributed by atoms with Gasteiger partial charge in [-0.25, -0.2) is 4.98 Å². The first-order valence-electron chi connectivity index (χ1n) is 5.14. The number of hydrogen-bond donors (Lipinski definition) is 0. The first-order valence-corrected chi connectivity index (χ1v) is 5.14. The van der Waals surface area contributed by atoms with Crippen molar-refractivity contribution in [3.8, 4) is 6.07 Å². The fraction of sp³-hybridized carbons (Fsp3) is 0.231. The largest absolute Gasteiger partial charge is 0.327 e. The molecule has 0 N–H and O–H groups in total. The monoisotopic (exact) mass is 211 g/mol. The minimum atomic E-state index is 0.652. The molecule has 0 saturated heterocycles. The molecule has 0 radical (unpaired) electrons. The first kappa shape index (κ1) is 10.4. The zero-order chi connectivity index (χ0) is 11.7. The zero-order valence-electron chi connectivity index (χ0n) is 9.65. The van der Waals surface area contributed by atoms with Gasteiger partial charge in [0.05, 0.1) is 16.6 Å². The van der Waals surface area contributed by atoms with E-state index in [1.54, 1.807) is 0 Å². The molecule has 1 heterocycles. The lowest BCUT2D eigenvalue weighted by Gasteiger charge is -2.01. The van der Waals surface area contributed by atoms with Gasteiger partial charge in [0, 0.05) is 7.05 Å². The number of imidazole rings is 1. The Kier molecular flexibility index (Phi) is 2.49. The molecule has 0 saturated carbocycles. The van der Waals surface area contributed by atoms with Crippen molar-refractivity contribution >= 4 is 16.6 Å². The molecule has 2 rings (SSSR count). The number of benzene rings is 1. The number of hydrogen-bond acceptors (Lipinski definition) is 2. The lowest BCUT2D eigenvalue weighted by atomic mass is 10.1. The van der Waals surface area contributed by atoms with Crippen molar-refractivity contribution in [2.75, 3.05) is 0 Å². The molecule has 0 amide bonds. The molecule has 3 nitrogen and oxygen atoms in total. The molecule has 0 aliphatic rings. The maximum Gasteiger partial charge on any atom is 0.151 e. The van der Waals surface area contributed by atoms with E-state index < -0.39 is 0 Å². The number of nitrogens with zero attached hydrogens (tertiary/aromatic N) is 3. The molecule has 0 spiro atoms. The first-order chi connectivity index (χ1) is 7.65. The molecule has 80 valence electrons. The van der Waals surface area contributed by atoms with Crippen LogP contribution in [0.25, 0.3) is 16.6 Å². The molecule has 1 aromatic heterocycles. The predicted molar refractivity (Wildman–Crippen MR) is 64.6 cm³/mol. The van der Waals surface area contributed by atoms with Crippen LogP contribution in [-0.2, 0) is 7.05 Å². The molecule has 1 aromatic carbocycles. The van der Waals surface area contributed by atoms with E-state index in [1.807, 2.05) is 49.7 Å². The highest BCUT2D eigenvalue weighted by atomic mass is 15.1. The van der Waals surface area contributed by atoms with Gasteiger partial charge in [-0.15, -0.1) is 0 Å². The van der Waals surface area contributed by atoms with E-state index in [0.717, 1.165) is 22.4 Å². The lowest BCUT2D eigenvalue weighted by molar-refractivity contribution is 0.922. The summed E-state index contributed by atoms with van der Waals surface area (Å²) in [5, 5.41) is 9.14. The fourth-order valence-corrected chi connectivity index (χ4v) is 1.75. The number of aromatic nitrogens is 2. The Bertz CT molecular complexity index is 608. The van der Waals surface area contributed by atoms with E-state index in [9.17, 15) is 0 Å². The van der Waals surface area contributed by atoms with Crippen LogP contribution < -0.4 is 0 Å². The van der Waals surface area contributed by atoms with Crippen molar-refractivity contribution < 1.29 is 0 Å². The predicted octanol–water partition coefficient (Wildman–Crippen LogP) is 2.89. The summed E-state index contributed by atoms with van der Waals surface area (Å²) >= 11 is 0. The minimum Gasteiger partial charge on any atom is -0.327 e. The van der Waals surface area contributed by atoms with Gasteiger partial charge in [-0.05, 0) is 26.0 Å². The van der Waals surface area contributed by atoms with E-state index in [-0.39, 0.29) is 0 Å². The number of para-hydroxylation sites is 2. The van der Waals surface area contributed by atoms with E-state index >= 15 is 0 Å². The number of allylic oxidation sites excluding steroid dienone is 2. The molecule has 3 heteroatoms. The third-order valence-electron chi connectivity index (χ3n) is 2.62. The highest BCUT2D eigenvalue weighted by molar-refractivity contribution is 5.83. The summed E-state index contributed by atoms with van der Waals surface area (Å²) in [5.41, 5.74) is 3.61. The van der Waals surface area contributed by atoms with E-state index in [2.05, 4.69) is 11.1 Å². The van der Waals surface area contributed by atoms with Gasteiger partial charge >= 0.3 is 0 Å². The maximum atomic E-state index is 9.14.